The van der Waals surface area contributed by atoms with Crippen LogP contribution < -0.4 is 9.47 Å². The fourth-order valence-corrected chi connectivity index (χ4v) is 4.19. The number of thioether (sulfide) groups is 1. The van der Waals surface area contributed by atoms with Crippen LogP contribution in [0.3, 0.4) is 0 Å². The van der Waals surface area contributed by atoms with Crippen LogP contribution in [0.2, 0.25) is 0 Å². The van der Waals surface area contributed by atoms with Crippen molar-refractivity contribution in [3.8, 4) is 11.5 Å². The Bertz CT molecular complexity index is 1020. The van der Waals surface area contributed by atoms with Crippen molar-refractivity contribution in [1.82, 2.24) is 19.3 Å². The van der Waals surface area contributed by atoms with Crippen molar-refractivity contribution in [3.05, 3.63) is 53.1 Å². The number of nitrogens with zero attached hydrogens (tertiary/aromatic N) is 4. The normalized spacial score (nSPS) is 12.5. The SMILES string of the molecule is CCn1cnnc1SCC(=O)c1cc(C)n(Cc2ccc3c(c2)OCO3)c1C. The average molecular weight is 398 g/mol. The van der Waals surface area contributed by atoms with Crippen LogP contribution in [0.4, 0.5) is 0 Å². The number of rotatable bonds is 7. The maximum Gasteiger partial charge on any atom is 0.231 e. The summed E-state index contributed by atoms with van der Waals surface area (Å²) in [6.07, 6.45) is 1.68. The van der Waals surface area contributed by atoms with E-state index in [1.807, 2.05) is 49.6 Å². The number of ketones is 1. The van der Waals surface area contributed by atoms with Gasteiger partial charge in [0.15, 0.2) is 22.4 Å². The molecule has 0 N–H and O–H groups in total. The monoisotopic (exact) mass is 398 g/mol. The highest BCUT2D eigenvalue weighted by Gasteiger charge is 2.18. The van der Waals surface area contributed by atoms with Crippen molar-refractivity contribution >= 4 is 17.5 Å². The van der Waals surface area contributed by atoms with E-state index in [0.717, 1.165) is 45.7 Å². The summed E-state index contributed by atoms with van der Waals surface area (Å²) >= 11 is 1.42. The van der Waals surface area contributed by atoms with Gasteiger partial charge in [-0.15, -0.1) is 10.2 Å². The summed E-state index contributed by atoms with van der Waals surface area (Å²) in [7, 11) is 0. The highest BCUT2D eigenvalue weighted by molar-refractivity contribution is 7.99. The van der Waals surface area contributed by atoms with E-state index in [9.17, 15) is 4.79 Å². The molecule has 4 rings (SSSR count). The lowest BCUT2D eigenvalue weighted by atomic mass is 10.1. The zero-order valence-electron chi connectivity index (χ0n) is 16.1. The number of aromatic nitrogens is 4. The number of aryl methyl sites for hydroxylation is 2. The van der Waals surface area contributed by atoms with Gasteiger partial charge in [0, 0.05) is 30.0 Å². The summed E-state index contributed by atoms with van der Waals surface area (Å²) in [6.45, 7) is 7.78. The molecule has 1 aromatic carbocycles. The summed E-state index contributed by atoms with van der Waals surface area (Å²) in [4.78, 5) is 12.8. The van der Waals surface area contributed by atoms with Gasteiger partial charge in [-0.2, -0.15) is 0 Å². The molecule has 0 amide bonds. The third-order valence-corrected chi connectivity index (χ3v) is 5.89. The van der Waals surface area contributed by atoms with Gasteiger partial charge in [0.25, 0.3) is 0 Å². The molecule has 0 spiro atoms. The first kappa shape index (κ1) is 18.6. The van der Waals surface area contributed by atoms with E-state index in [4.69, 9.17) is 9.47 Å². The summed E-state index contributed by atoms with van der Waals surface area (Å²) in [6, 6.07) is 7.92. The Balaban J connectivity index is 1.49. The molecule has 0 saturated heterocycles. The molecule has 0 unspecified atom stereocenters. The lowest BCUT2D eigenvalue weighted by molar-refractivity contribution is 0.102. The zero-order valence-corrected chi connectivity index (χ0v) is 17.0. The lowest BCUT2D eigenvalue weighted by Gasteiger charge is -2.10. The molecule has 1 aliphatic rings. The zero-order chi connectivity index (χ0) is 19.7. The van der Waals surface area contributed by atoms with Crippen LogP contribution in [0, 0.1) is 13.8 Å². The summed E-state index contributed by atoms with van der Waals surface area (Å²) in [5.41, 5.74) is 3.89. The summed E-state index contributed by atoms with van der Waals surface area (Å²) < 4.78 is 14.9. The number of ether oxygens (including phenoxy) is 2. The van der Waals surface area contributed by atoms with Crippen molar-refractivity contribution in [3.63, 3.8) is 0 Å². The largest absolute Gasteiger partial charge is 0.454 e. The number of hydrogen-bond acceptors (Lipinski definition) is 6. The van der Waals surface area contributed by atoms with Crippen LogP contribution in [-0.2, 0) is 13.1 Å². The molecular weight excluding hydrogens is 376 g/mol. The van der Waals surface area contributed by atoms with Gasteiger partial charge in [-0.3, -0.25) is 4.79 Å². The van der Waals surface area contributed by atoms with Gasteiger partial charge in [0.2, 0.25) is 6.79 Å². The minimum Gasteiger partial charge on any atom is -0.454 e. The minimum absolute atomic E-state index is 0.0979. The first-order valence-corrected chi connectivity index (χ1v) is 10.1. The number of fused-ring (bicyclic) bond motifs is 1. The first-order chi connectivity index (χ1) is 13.6. The molecule has 7 nitrogen and oxygen atoms in total. The smallest absolute Gasteiger partial charge is 0.231 e. The Morgan fingerprint density at radius 2 is 2.04 bits per heavy atom. The van der Waals surface area contributed by atoms with Crippen LogP contribution >= 0.6 is 11.8 Å². The third-order valence-electron chi connectivity index (χ3n) is 4.90. The molecule has 0 saturated carbocycles. The van der Waals surface area contributed by atoms with Crippen molar-refractivity contribution < 1.29 is 14.3 Å². The molecular formula is C20H22N4O3S. The Labute approximate surface area is 167 Å². The number of carbonyl (C=O) groups excluding carboxylic acids is 1. The Hall–Kier alpha value is -2.74. The highest BCUT2D eigenvalue weighted by atomic mass is 32.2. The molecule has 0 aliphatic carbocycles. The van der Waals surface area contributed by atoms with Crippen molar-refractivity contribution in [2.75, 3.05) is 12.5 Å². The van der Waals surface area contributed by atoms with Gasteiger partial charge >= 0.3 is 0 Å². The predicted octanol–water partition coefficient (Wildman–Crippen LogP) is 3.47. The number of hydrogen-bond donors (Lipinski definition) is 0. The maximum atomic E-state index is 12.8. The van der Waals surface area contributed by atoms with Gasteiger partial charge in [-0.05, 0) is 44.5 Å². The molecule has 8 heteroatoms. The van der Waals surface area contributed by atoms with Crippen LogP contribution in [0.15, 0.2) is 35.7 Å². The Morgan fingerprint density at radius 1 is 1.21 bits per heavy atom. The highest BCUT2D eigenvalue weighted by Crippen LogP contribution is 2.33. The average Bonchev–Trinajstić information content (AvgIpc) is 3.41. The fourth-order valence-electron chi connectivity index (χ4n) is 3.33. The van der Waals surface area contributed by atoms with E-state index >= 15 is 0 Å². The van der Waals surface area contributed by atoms with Gasteiger partial charge in [-0.1, -0.05) is 17.8 Å². The molecule has 0 atom stereocenters. The number of Topliss-reactive ketones (excluding diaryl/α,β-unsaturated/α-hetero) is 1. The molecule has 3 aromatic rings. The fraction of sp³-hybridized carbons (Fsp3) is 0.350. The first-order valence-electron chi connectivity index (χ1n) is 9.16. The van der Waals surface area contributed by atoms with Gasteiger partial charge in [0.05, 0.1) is 5.75 Å². The summed E-state index contributed by atoms with van der Waals surface area (Å²) in [5.74, 6) is 1.98. The van der Waals surface area contributed by atoms with E-state index in [1.54, 1.807) is 6.33 Å². The Morgan fingerprint density at radius 3 is 2.86 bits per heavy atom. The maximum absolute atomic E-state index is 12.8. The predicted molar refractivity (Wildman–Crippen MR) is 106 cm³/mol. The van der Waals surface area contributed by atoms with Gasteiger partial charge < -0.3 is 18.6 Å². The molecule has 146 valence electrons. The molecule has 3 heterocycles. The molecule has 0 fully saturated rings. The molecule has 28 heavy (non-hydrogen) atoms. The minimum atomic E-state index is 0.0979. The molecule has 1 aliphatic heterocycles. The van der Waals surface area contributed by atoms with Crippen LogP contribution in [-0.4, -0.2) is 37.7 Å². The van der Waals surface area contributed by atoms with Crippen molar-refractivity contribution in [2.45, 2.75) is 39.0 Å². The van der Waals surface area contributed by atoms with Crippen molar-refractivity contribution in [2.24, 2.45) is 0 Å². The quantitative estimate of drug-likeness (QED) is 0.448. The summed E-state index contributed by atoms with van der Waals surface area (Å²) in [5, 5.41) is 8.76. The van der Waals surface area contributed by atoms with E-state index in [2.05, 4.69) is 14.8 Å². The lowest BCUT2D eigenvalue weighted by Crippen LogP contribution is -2.08. The third kappa shape index (κ3) is 3.52. The van der Waals surface area contributed by atoms with E-state index in [0.29, 0.717) is 12.3 Å². The van der Waals surface area contributed by atoms with Gasteiger partial charge in [-0.25, -0.2) is 0 Å². The number of carbonyl (C=O) groups is 1. The second kappa shape index (κ2) is 7.71. The van der Waals surface area contributed by atoms with E-state index in [1.165, 1.54) is 11.8 Å². The van der Waals surface area contributed by atoms with Crippen LogP contribution in [0.5, 0.6) is 11.5 Å². The second-order valence-corrected chi connectivity index (χ2v) is 7.61. The van der Waals surface area contributed by atoms with E-state index < -0.39 is 0 Å². The number of benzene rings is 1. The standard InChI is InChI=1S/C20H22N4O3S/c1-4-23-11-21-22-20(23)28-10-17(25)16-7-13(2)24(14(16)3)9-15-5-6-18-19(8-15)27-12-26-18/h5-8,11H,4,9-10,12H2,1-3H3. The topological polar surface area (TPSA) is 71.2 Å². The van der Waals surface area contributed by atoms with Gasteiger partial charge in [0.1, 0.15) is 6.33 Å². The molecule has 0 radical (unpaired) electrons. The van der Waals surface area contributed by atoms with Crippen LogP contribution in [0.25, 0.3) is 0 Å². The molecule has 2 aromatic heterocycles. The Kier molecular flexibility index (Phi) is 5.13. The second-order valence-electron chi connectivity index (χ2n) is 6.67. The van der Waals surface area contributed by atoms with E-state index in [-0.39, 0.29) is 12.6 Å². The van der Waals surface area contributed by atoms with Crippen LogP contribution in [0.1, 0.15) is 34.2 Å². The van der Waals surface area contributed by atoms with Crippen molar-refractivity contribution in [1.29, 1.82) is 0 Å². The molecule has 0 bridgehead atoms.